The van der Waals surface area contributed by atoms with Crippen molar-refractivity contribution >= 4 is 0 Å². The fraction of sp³-hybridized carbons (Fsp3) is 0.538. The van der Waals surface area contributed by atoms with E-state index in [0.29, 0.717) is 6.04 Å². The van der Waals surface area contributed by atoms with Crippen LogP contribution in [0.4, 0.5) is 0 Å². The van der Waals surface area contributed by atoms with Crippen LogP contribution in [0.5, 0.6) is 5.75 Å². The van der Waals surface area contributed by atoms with Crippen molar-refractivity contribution in [1.82, 2.24) is 5.32 Å². The van der Waals surface area contributed by atoms with Crippen LogP contribution >= 0.6 is 0 Å². The quantitative estimate of drug-likeness (QED) is 0.819. The second-order valence-corrected chi connectivity index (χ2v) is 4.08. The van der Waals surface area contributed by atoms with Gasteiger partial charge in [-0.05, 0) is 37.4 Å². The molecule has 0 amide bonds. The molecule has 2 heteroatoms. The lowest BCUT2D eigenvalue weighted by molar-refractivity contribution is 0.403. The molecule has 1 unspecified atom stereocenters. The average Bonchev–Trinajstić information content (AvgIpc) is 2.81. The van der Waals surface area contributed by atoms with Gasteiger partial charge >= 0.3 is 0 Å². The van der Waals surface area contributed by atoms with Gasteiger partial charge in [-0.25, -0.2) is 0 Å². The summed E-state index contributed by atoms with van der Waals surface area (Å²) in [7, 11) is 1.76. The van der Waals surface area contributed by atoms with Gasteiger partial charge in [-0.3, -0.25) is 0 Å². The third-order valence-corrected chi connectivity index (χ3v) is 3.14. The monoisotopic (exact) mass is 205 g/mol. The highest BCUT2D eigenvalue weighted by Gasteiger charge is 2.19. The summed E-state index contributed by atoms with van der Waals surface area (Å²) < 4.78 is 5.46. The molecule has 1 atom stereocenters. The summed E-state index contributed by atoms with van der Waals surface area (Å²) in [6, 6.07) is 7.07. The van der Waals surface area contributed by atoms with Crippen molar-refractivity contribution in [2.24, 2.45) is 0 Å². The number of hydrogen-bond acceptors (Lipinski definition) is 2. The number of hydrogen-bond donors (Lipinski definition) is 1. The molecule has 15 heavy (non-hydrogen) atoms. The Kier molecular flexibility index (Phi) is 3.27. The van der Waals surface area contributed by atoms with Crippen LogP contribution in [0.2, 0.25) is 0 Å². The molecular formula is C13H19NO. The summed E-state index contributed by atoms with van der Waals surface area (Å²) in [4.78, 5) is 0. The van der Waals surface area contributed by atoms with Gasteiger partial charge in [0.15, 0.2) is 0 Å². The Morgan fingerprint density at radius 2 is 2.33 bits per heavy atom. The van der Waals surface area contributed by atoms with Gasteiger partial charge in [0.05, 0.1) is 7.11 Å². The van der Waals surface area contributed by atoms with Gasteiger partial charge in [0.2, 0.25) is 0 Å². The van der Waals surface area contributed by atoms with E-state index in [-0.39, 0.29) is 0 Å². The first-order valence-electron chi connectivity index (χ1n) is 5.75. The highest BCUT2D eigenvalue weighted by atomic mass is 16.5. The molecular weight excluding hydrogens is 186 g/mol. The standard InChI is InChI=1S/C13H19NO/c1-3-10-6-7-11(13(9-10)15-2)12-5-4-8-14-12/h6-7,9,12,14H,3-5,8H2,1-2H3. The third kappa shape index (κ3) is 2.15. The van der Waals surface area contributed by atoms with Gasteiger partial charge in [0, 0.05) is 11.6 Å². The lowest BCUT2D eigenvalue weighted by Crippen LogP contribution is -2.13. The third-order valence-electron chi connectivity index (χ3n) is 3.14. The van der Waals surface area contributed by atoms with Crippen molar-refractivity contribution in [2.75, 3.05) is 13.7 Å². The van der Waals surface area contributed by atoms with E-state index in [9.17, 15) is 0 Å². The van der Waals surface area contributed by atoms with Crippen LogP contribution in [-0.2, 0) is 6.42 Å². The Morgan fingerprint density at radius 1 is 1.47 bits per heavy atom. The Bertz CT molecular complexity index is 329. The van der Waals surface area contributed by atoms with Crippen LogP contribution in [0.25, 0.3) is 0 Å². The minimum atomic E-state index is 0.492. The molecule has 2 nitrogen and oxygen atoms in total. The van der Waals surface area contributed by atoms with Crippen molar-refractivity contribution in [3.63, 3.8) is 0 Å². The molecule has 1 aromatic rings. The predicted octanol–water partition coefficient (Wildman–Crippen LogP) is 2.68. The first-order chi connectivity index (χ1) is 7.35. The molecule has 0 radical (unpaired) electrons. The second-order valence-electron chi connectivity index (χ2n) is 4.08. The van der Waals surface area contributed by atoms with E-state index in [0.717, 1.165) is 18.7 Å². The number of ether oxygens (including phenoxy) is 1. The number of benzene rings is 1. The Hall–Kier alpha value is -1.02. The summed E-state index contributed by atoms with van der Waals surface area (Å²) in [6.45, 7) is 3.30. The van der Waals surface area contributed by atoms with Gasteiger partial charge in [0.1, 0.15) is 5.75 Å². The van der Waals surface area contributed by atoms with Crippen LogP contribution in [-0.4, -0.2) is 13.7 Å². The van der Waals surface area contributed by atoms with Gasteiger partial charge in [-0.2, -0.15) is 0 Å². The number of rotatable bonds is 3. The molecule has 0 spiro atoms. The zero-order valence-corrected chi connectivity index (χ0v) is 9.55. The largest absolute Gasteiger partial charge is 0.496 e. The van der Waals surface area contributed by atoms with Gasteiger partial charge < -0.3 is 10.1 Å². The zero-order valence-electron chi connectivity index (χ0n) is 9.55. The molecule has 1 saturated heterocycles. The van der Waals surface area contributed by atoms with E-state index in [2.05, 4.69) is 30.4 Å². The molecule has 1 aromatic carbocycles. The zero-order chi connectivity index (χ0) is 10.7. The summed E-state index contributed by atoms with van der Waals surface area (Å²) >= 11 is 0. The van der Waals surface area contributed by atoms with E-state index in [4.69, 9.17) is 4.74 Å². The van der Waals surface area contributed by atoms with Crippen molar-refractivity contribution < 1.29 is 4.74 Å². The maximum Gasteiger partial charge on any atom is 0.123 e. The topological polar surface area (TPSA) is 21.3 Å². The van der Waals surface area contributed by atoms with Crippen molar-refractivity contribution in [3.8, 4) is 5.75 Å². The fourth-order valence-electron chi connectivity index (χ4n) is 2.21. The van der Waals surface area contributed by atoms with Crippen molar-refractivity contribution in [2.45, 2.75) is 32.2 Å². The van der Waals surface area contributed by atoms with Crippen LogP contribution in [0.1, 0.15) is 36.9 Å². The van der Waals surface area contributed by atoms with Gasteiger partial charge in [-0.15, -0.1) is 0 Å². The summed E-state index contributed by atoms with van der Waals surface area (Å²) in [5.41, 5.74) is 2.65. The lowest BCUT2D eigenvalue weighted by atomic mass is 10.0. The van der Waals surface area contributed by atoms with Crippen molar-refractivity contribution in [1.29, 1.82) is 0 Å². The van der Waals surface area contributed by atoms with E-state index >= 15 is 0 Å². The maximum absolute atomic E-state index is 5.46. The molecule has 1 fully saturated rings. The van der Waals surface area contributed by atoms with E-state index in [1.807, 2.05) is 0 Å². The average molecular weight is 205 g/mol. The first-order valence-corrected chi connectivity index (χ1v) is 5.75. The Labute approximate surface area is 91.6 Å². The Morgan fingerprint density at radius 3 is 2.93 bits per heavy atom. The molecule has 1 N–H and O–H groups in total. The minimum absolute atomic E-state index is 0.492. The smallest absolute Gasteiger partial charge is 0.123 e. The molecule has 0 bridgehead atoms. The second kappa shape index (κ2) is 4.67. The fourth-order valence-corrected chi connectivity index (χ4v) is 2.21. The highest BCUT2D eigenvalue weighted by molar-refractivity contribution is 5.40. The number of nitrogens with one attached hydrogen (secondary N) is 1. The van der Waals surface area contributed by atoms with E-state index in [1.165, 1.54) is 24.0 Å². The SMILES string of the molecule is CCc1ccc(C2CCCN2)c(OC)c1. The summed E-state index contributed by atoms with van der Waals surface area (Å²) in [5.74, 6) is 1.04. The van der Waals surface area contributed by atoms with Crippen LogP contribution in [0, 0.1) is 0 Å². The minimum Gasteiger partial charge on any atom is -0.496 e. The van der Waals surface area contributed by atoms with Gasteiger partial charge in [-0.1, -0.05) is 19.1 Å². The normalized spacial score (nSPS) is 20.5. The molecule has 82 valence electrons. The van der Waals surface area contributed by atoms with Gasteiger partial charge in [0.25, 0.3) is 0 Å². The lowest BCUT2D eigenvalue weighted by Gasteiger charge is -2.15. The van der Waals surface area contributed by atoms with E-state index < -0.39 is 0 Å². The molecule has 1 heterocycles. The highest BCUT2D eigenvalue weighted by Crippen LogP contribution is 2.31. The molecule has 0 aromatic heterocycles. The van der Waals surface area contributed by atoms with E-state index in [1.54, 1.807) is 7.11 Å². The number of methoxy groups -OCH3 is 1. The summed E-state index contributed by atoms with van der Waals surface area (Å²) in [6.07, 6.45) is 3.56. The first kappa shape index (κ1) is 10.5. The maximum atomic E-state index is 5.46. The predicted molar refractivity (Wildman–Crippen MR) is 62.3 cm³/mol. The number of aryl methyl sites for hydroxylation is 1. The molecule has 1 aliphatic heterocycles. The van der Waals surface area contributed by atoms with Crippen LogP contribution < -0.4 is 10.1 Å². The molecule has 1 aliphatic rings. The molecule has 0 saturated carbocycles. The Balaban J connectivity index is 2.29. The van der Waals surface area contributed by atoms with Crippen LogP contribution in [0.15, 0.2) is 18.2 Å². The molecule has 0 aliphatic carbocycles. The molecule has 2 rings (SSSR count). The van der Waals surface area contributed by atoms with Crippen LogP contribution in [0.3, 0.4) is 0 Å². The van der Waals surface area contributed by atoms with Crippen molar-refractivity contribution in [3.05, 3.63) is 29.3 Å². The summed E-state index contributed by atoms with van der Waals surface area (Å²) in [5, 5.41) is 3.51.